The van der Waals surface area contributed by atoms with Gasteiger partial charge in [-0.05, 0) is 25.2 Å². The Bertz CT molecular complexity index is 176. The second-order valence-corrected chi connectivity index (χ2v) is 5.79. The molecular weight excluding hydrogens is 254 g/mol. The fourth-order valence-electron chi connectivity index (χ4n) is 2.12. The van der Waals surface area contributed by atoms with Gasteiger partial charge in [0.1, 0.15) is 0 Å². The molecule has 0 radical (unpaired) electrons. The molecule has 0 spiro atoms. The summed E-state index contributed by atoms with van der Waals surface area (Å²) in [5.41, 5.74) is 0.387. The number of rotatable bonds is 5. The SMILES string of the molecule is CCOC1CCN(CC(C)(C)CBr)CC1. The van der Waals surface area contributed by atoms with Crippen molar-refractivity contribution in [2.24, 2.45) is 5.41 Å². The number of nitrogens with zero attached hydrogens (tertiary/aromatic N) is 1. The second-order valence-electron chi connectivity index (χ2n) is 5.23. The standard InChI is InChI=1S/C12H24BrNO/c1-4-15-11-5-7-14(8-6-11)10-12(2,3)9-13/h11H,4-10H2,1-3H3. The molecule has 1 fully saturated rings. The topological polar surface area (TPSA) is 12.5 Å². The van der Waals surface area contributed by atoms with Crippen molar-refractivity contribution in [3.63, 3.8) is 0 Å². The third kappa shape index (κ3) is 4.83. The van der Waals surface area contributed by atoms with Gasteiger partial charge in [0, 0.05) is 31.6 Å². The first-order valence-corrected chi connectivity index (χ1v) is 7.09. The lowest BCUT2D eigenvalue weighted by molar-refractivity contribution is 0.00802. The molecule has 1 aliphatic rings. The van der Waals surface area contributed by atoms with E-state index in [2.05, 4.69) is 41.6 Å². The average molecular weight is 278 g/mol. The molecule has 0 atom stereocenters. The number of ether oxygens (including phenoxy) is 1. The minimum absolute atomic E-state index is 0.387. The molecule has 0 aromatic rings. The lowest BCUT2D eigenvalue weighted by atomic mass is 9.94. The lowest BCUT2D eigenvalue weighted by Gasteiger charge is -2.36. The molecule has 0 aromatic heterocycles. The van der Waals surface area contributed by atoms with Gasteiger partial charge in [0.2, 0.25) is 0 Å². The molecule has 90 valence electrons. The third-order valence-electron chi connectivity index (χ3n) is 2.95. The van der Waals surface area contributed by atoms with Crippen LogP contribution in [-0.4, -0.2) is 42.6 Å². The Kier molecular flexibility index (Phi) is 5.58. The lowest BCUT2D eigenvalue weighted by Crippen LogP contribution is -2.42. The fourth-order valence-corrected chi connectivity index (χ4v) is 2.29. The van der Waals surface area contributed by atoms with Gasteiger partial charge in [0.05, 0.1) is 6.10 Å². The normalized spacial score (nSPS) is 20.8. The maximum Gasteiger partial charge on any atom is 0.0599 e. The average Bonchev–Trinajstić information content (AvgIpc) is 2.21. The molecule has 0 N–H and O–H groups in total. The fraction of sp³-hybridized carbons (Fsp3) is 1.00. The summed E-state index contributed by atoms with van der Waals surface area (Å²) in [4.78, 5) is 2.57. The smallest absolute Gasteiger partial charge is 0.0599 e. The van der Waals surface area contributed by atoms with Crippen LogP contribution in [0, 0.1) is 5.41 Å². The Balaban J connectivity index is 2.25. The molecule has 1 aliphatic heterocycles. The maximum atomic E-state index is 5.65. The van der Waals surface area contributed by atoms with Gasteiger partial charge in [-0.15, -0.1) is 0 Å². The Morgan fingerprint density at radius 1 is 1.33 bits per heavy atom. The van der Waals surface area contributed by atoms with Gasteiger partial charge in [-0.1, -0.05) is 29.8 Å². The molecule has 0 unspecified atom stereocenters. The summed E-state index contributed by atoms with van der Waals surface area (Å²) in [6.45, 7) is 11.2. The highest BCUT2D eigenvalue weighted by atomic mass is 79.9. The summed E-state index contributed by atoms with van der Waals surface area (Å²) < 4.78 is 5.65. The van der Waals surface area contributed by atoms with Crippen LogP contribution in [0.25, 0.3) is 0 Å². The molecule has 0 saturated carbocycles. The number of hydrogen-bond donors (Lipinski definition) is 0. The molecule has 2 nitrogen and oxygen atoms in total. The van der Waals surface area contributed by atoms with E-state index in [0.29, 0.717) is 11.5 Å². The van der Waals surface area contributed by atoms with Crippen molar-refractivity contribution in [1.82, 2.24) is 4.90 Å². The van der Waals surface area contributed by atoms with Crippen molar-refractivity contribution >= 4 is 15.9 Å². The van der Waals surface area contributed by atoms with Crippen molar-refractivity contribution in [3.05, 3.63) is 0 Å². The Labute approximate surface area is 102 Å². The number of piperidine rings is 1. The molecule has 0 bridgehead atoms. The van der Waals surface area contributed by atoms with Gasteiger partial charge >= 0.3 is 0 Å². The van der Waals surface area contributed by atoms with Gasteiger partial charge in [-0.3, -0.25) is 0 Å². The summed E-state index contributed by atoms with van der Waals surface area (Å²) in [7, 11) is 0. The zero-order valence-electron chi connectivity index (χ0n) is 10.3. The molecule has 1 saturated heterocycles. The van der Waals surface area contributed by atoms with Crippen LogP contribution in [0.5, 0.6) is 0 Å². The molecule has 1 heterocycles. The van der Waals surface area contributed by atoms with Gasteiger partial charge in [0.15, 0.2) is 0 Å². The first-order chi connectivity index (χ1) is 7.07. The summed E-state index contributed by atoms with van der Waals surface area (Å²) in [5, 5.41) is 1.07. The number of likely N-dealkylation sites (tertiary alicyclic amines) is 1. The van der Waals surface area contributed by atoms with E-state index < -0.39 is 0 Å². The second kappa shape index (κ2) is 6.21. The van der Waals surface area contributed by atoms with E-state index in [1.807, 2.05) is 0 Å². The number of hydrogen-bond acceptors (Lipinski definition) is 2. The predicted molar refractivity (Wildman–Crippen MR) is 68.7 cm³/mol. The van der Waals surface area contributed by atoms with Crippen LogP contribution in [0.4, 0.5) is 0 Å². The molecular formula is C12H24BrNO. The highest BCUT2D eigenvalue weighted by Crippen LogP contribution is 2.22. The van der Waals surface area contributed by atoms with Crippen LogP contribution < -0.4 is 0 Å². The minimum atomic E-state index is 0.387. The Hall–Kier alpha value is 0.400. The van der Waals surface area contributed by atoms with Crippen LogP contribution >= 0.6 is 15.9 Å². The van der Waals surface area contributed by atoms with Crippen molar-refractivity contribution in [2.45, 2.75) is 39.7 Å². The van der Waals surface area contributed by atoms with Gasteiger partial charge in [-0.2, -0.15) is 0 Å². The summed E-state index contributed by atoms with van der Waals surface area (Å²) in [6, 6.07) is 0. The summed E-state index contributed by atoms with van der Waals surface area (Å²) in [5.74, 6) is 0. The molecule has 1 rings (SSSR count). The van der Waals surface area contributed by atoms with Crippen LogP contribution in [0.15, 0.2) is 0 Å². The first kappa shape index (κ1) is 13.5. The summed E-state index contributed by atoms with van der Waals surface area (Å²) in [6.07, 6.45) is 2.91. The largest absolute Gasteiger partial charge is 0.378 e. The van der Waals surface area contributed by atoms with Gasteiger partial charge in [-0.25, -0.2) is 0 Å². The van der Waals surface area contributed by atoms with E-state index in [4.69, 9.17) is 4.74 Å². The number of halogens is 1. The van der Waals surface area contributed by atoms with Crippen LogP contribution in [0.3, 0.4) is 0 Å². The van der Waals surface area contributed by atoms with Crippen molar-refractivity contribution in [1.29, 1.82) is 0 Å². The zero-order valence-corrected chi connectivity index (χ0v) is 11.8. The Morgan fingerprint density at radius 2 is 1.93 bits per heavy atom. The van der Waals surface area contributed by atoms with E-state index in [0.717, 1.165) is 11.9 Å². The van der Waals surface area contributed by atoms with Crippen molar-refractivity contribution < 1.29 is 4.74 Å². The zero-order chi connectivity index (χ0) is 11.3. The van der Waals surface area contributed by atoms with E-state index in [-0.39, 0.29) is 0 Å². The molecule has 15 heavy (non-hydrogen) atoms. The monoisotopic (exact) mass is 277 g/mol. The van der Waals surface area contributed by atoms with Crippen molar-refractivity contribution in [2.75, 3.05) is 31.6 Å². The quantitative estimate of drug-likeness (QED) is 0.717. The summed E-state index contributed by atoms with van der Waals surface area (Å²) >= 11 is 3.58. The third-order valence-corrected chi connectivity index (χ3v) is 4.47. The maximum absolute atomic E-state index is 5.65. The molecule has 0 amide bonds. The predicted octanol–water partition coefficient (Wildman–Crippen LogP) is 2.91. The first-order valence-electron chi connectivity index (χ1n) is 5.97. The van der Waals surface area contributed by atoms with Crippen LogP contribution in [-0.2, 0) is 4.74 Å². The minimum Gasteiger partial charge on any atom is -0.378 e. The van der Waals surface area contributed by atoms with Crippen LogP contribution in [0.2, 0.25) is 0 Å². The van der Waals surface area contributed by atoms with E-state index in [9.17, 15) is 0 Å². The van der Waals surface area contributed by atoms with E-state index in [1.165, 1.54) is 32.5 Å². The Morgan fingerprint density at radius 3 is 2.40 bits per heavy atom. The molecule has 0 aromatic carbocycles. The van der Waals surface area contributed by atoms with Crippen LogP contribution in [0.1, 0.15) is 33.6 Å². The highest BCUT2D eigenvalue weighted by molar-refractivity contribution is 9.09. The van der Waals surface area contributed by atoms with Gasteiger partial charge in [0.25, 0.3) is 0 Å². The highest BCUT2D eigenvalue weighted by Gasteiger charge is 2.24. The van der Waals surface area contributed by atoms with E-state index >= 15 is 0 Å². The molecule has 3 heteroatoms. The van der Waals surface area contributed by atoms with E-state index in [1.54, 1.807) is 0 Å². The molecule has 0 aliphatic carbocycles. The van der Waals surface area contributed by atoms with Crippen molar-refractivity contribution in [3.8, 4) is 0 Å². The number of alkyl halides is 1. The van der Waals surface area contributed by atoms with Gasteiger partial charge < -0.3 is 9.64 Å².